The molecule has 2 aromatic rings. The Morgan fingerprint density at radius 1 is 1.00 bits per heavy atom. The predicted molar refractivity (Wildman–Crippen MR) is 75.9 cm³/mol. The van der Waals surface area contributed by atoms with Gasteiger partial charge in [-0.15, -0.1) is 0 Å². The van der Waals surface area contributed by atoms with Crippen molar-refractivity contribution in [2.45, 2.75) is 39.7 Å². The lowest BCUT2D eigenvalue weighted by atomic mass is 10.1. The SMILES string of the molecule is COc1ccc2nc(C(C)C)c(OC(C)C)nc2c1. The van der Waals surface area contributed by atoms with Gasteiger partial charge in [0.15, 0.2) is 0 Å². The van der Waals surface area contributed by atoms with Crippen molar-refractivity contribution in [2.75, 3.05) is 7.11 Å². The fourth-order valence-corrected chi connectivity index (χ4v) is 1.84. The number of fused-ring (bicyclic) bond motifs is 1. The Morgan fingerprint density at radius 2 is 1.74 bits per heavy atom. The normalized spacial score (nSPS) is 11.3. The molecule has 4 nitrogen and oxygen atoms in total. The monoisotopic (exact) mass is 260 g/mol. The highest BCUT2D eigenvalue weighted by molar-refractivity contribution is 5.76. The number of hydrogen-bond acceptors (Lipinski definition) is 4. The van der Waals surface area contributed by atoms with Crippen LogP contribution in [0, 0.1) is 0 Å². The summed E-state index contributed by atoms with van der Waals surface area (Å²) >= 11 is 0. The first-order chi connectivity index (χ1) is 9.01. The zero-order valence-corrected chi connectivity index (χ0v) is 12.1. The smallest absolute Gasteiger partial charge is 0.236 e. The van der Waals surface area contributed by atoms with Crippen LogP contribution < -0.4 is 9.47 Å². The third-order valence-electron chi connectivity index (χ3n) is 2.76. The van der Waals surface area contributed by atoms with Crippen LogP contribution in [0.4, 0.5) is 0 Å². The van der Waals surface area contributed by atoms with Crippen molar-refractivity contribution in [3.8, 4) is 11.6 Å². The molecule has 19 heavy (non-hydrogen) atoms. The Hall–Kier alpha value is -1.84. The Balaban J connectivity index is 2.58. The molecule has 0 aliphatic rings. The second kappa shape index (κ2) is 5.43. The van der Waals surface area contributed by atoms with E-state index in [-0.39, 0.29) is 12.0 Å². The van der Waals surface area contributed by atoms with Crippen LogP contribution in [0.5, 0.6) is 11.6 Å². The van der Waals surface area contributed by atoms with Crippen LogP contribution in [0.3, 0.4) is 0 Å². The Bertz CT molecular complexity index is 580. The first-order valence-electron chi connectivity index (χ1n) is 6.53. The molecule has 2 rings (SSSR count). The molecule has 1 aromatic carbocycles. The number of ether oxygens (including phenoxy) is 2. The number of hydrogen-bond donors (Lipinski definition) is 0. The van der Waals surface area contributed by atoms with E-state index in [0.29, 0.717) is 5.88 Å². The quantitative estimate of drug-likeness (QED) is 0.843. The van der Waals surface area contributed by atoms with Gasteiger partial charge in [-0.25, -0.2) is 9.97 Å². The van der Waals surface area contributed by atoms with Crippen molar-refractivity contribution in [1.29, 1.82) is 0 Å². The summed E-state index contributed by atoms with van der Waals surface area (Å²) in [4.78, 5) is 9.24. The van der Waals surface area contributed by atoms with Crippen LogP contribution in [0.2, 0.25) is 0 Å². The molecule has 0 radical (unpaired) electrons. The first kappa shape index (κ1) is 13.6. The molecule has 0 aliphatic carbocycles. The van der Waals surface area contributed by atoms with E-state index in [1.807, 2.05) is 32.0 Å². The molecule has 102 valence electrons. The summed E-state index contributed by atoms with van der Waals surface area (Å²) in [5.41, 5.74) is 2.55. The third-order valence-corrected chi connectivity index (χ3v) is 2.76. The predicted octanol–water partition coefficient (Wildman–Crippen LogP) is 3.55. The second-order valence-electron chi connectivity index (χ2n) is 5.09. The number of benzene rings is 1. The molecule has 0 N–H and O–H groups in total. The maximum atomic E-state index is 5.77. The van der Waals surface area contributed by atoms with Crippen molar-refractivity contribution in [1.82, 2.24) is 9.97 Å². The molecule has 4 heteroatoms. The number of nitrogens with zero attached hydrogens (tertiary/aromatic N) is 2. The minimum absolute atomic E-state index is 0.0786. The van der Waals surface area contributed by atoms with Gasteiger partial charge < -0.3 is 9.47 Å². The van der Waals surface area contributed by atoms with E-state index in [2.05, 4.69) is 23.8 Å². The molecular formula is C15H20N2O2. The topological polar surface area (TPSA) is 44.2 Å². The largest absolute Gasteiger partial charge is 0.497 e. The lowest BCUT2D eigenvalue weighted by Crippen LogP contribution is -2.11. The maximum absolute atomic E-state index is 5.77. The van der Waals surface area contributed by atoms with Gasteiger partial charge >= 0.3 is 0 Å². The van der Waals surface area contributed by atoms with E-state index in [1.165, 1.54) is 0 Å². The summed E-state index contributed by atoms with van der Waals surface area (Å²) in [5.74, 6) is 1.66. The zero-order chi connectivity index (χ0) is 14.0. The van der Waals surface area contributed by atoms with Crippen LogP contribution >= 0.6 is 0 Å². The molecule has 0 spiro atoms. The van der Waals surface area contributed by atoms with Gasteiger partial charge in [0, 0.05) is 12.0 Å². The average Bonchev–Trinajstić information content (AvgIpc) is 2.36. The maximum Gasteiger partial charge on any atom is 0.236 e. The second-order valence-corrected chi connectivity index (χ2v) is 5.09. The molecule has 0 unspecified atom stereocenters. The number of methoxy groups -OCH3 is 1. The molecular weight excluding hydrogens is 240 g/mol. The summed E-state index contributed by atoms with van der Waals surface area (Å²) < 4.78 is 11.0. The van der Waals surface area contributed by atoms with Gasteiger partial charge in [-0.05, 0) is 26.0 Å². The minimum atomic E-state index is 0.0786. The highest BCUT2D eigenvalue weighted by Gasteiger charge is 2.15. The molecule has 1 aromatic heterocycles. The summed E-state index contributed by atoms with van der Waals surface area (Å²) in [5, 5.41) is 0. The van der Waals surface area contributed by atoms with Crippen LogP contribution in [-0.4, -0.2) is 23.2 Å². The molecule has 0 atom stereocenters. The van der Waals surface area contributed by atoms with E-state index < -0.39 is 0 Å². The summed E-state index contributed by atoms with van der Waals surface area (Å²) in [6.07, 6.45) is 0.0786. The van der Waals surface area contributed by atoms with E-state index >= 15 is 0 Å². The zero-order valence-electron chi connectivity index (χ0n) is 12.1. The van der Waals surface area contributed by atoms with Gasteiger partial charge in [0.05, 0.1) is 24.2 Å². The molecule has 0 fully saturated rings. The number of aromatic nitrogens is 2. The Kier molecular flexibility index (Phi) is 3.88. The van der Waals surface area contributed by atoms with E-state index in [9.17, 15) is 0 Å². The van der Waals surface area contributed by atoms with Gasteiger partial charge in [0.2, 0.25) is 5.88 Å². The van der Waals surface area contributed by atoms with Crippen molar-refractivity contribution < 1.29 is 9.47 Å². The lowest BCUT2D eigenvalue weighted by molar-refractivity contribution is 0.228. The number of rotatable bonds is 4. The van der Waals surface area contributed by atoms with Gasteiger partial charge in [-0.1, -0.05) is 13.8 Å². The van der Waals surface area contributed by atoms with Crippen molar-refractivity contribution in [3.05, 3.63) is 23.9 Å². The van der Waals surface area contributed by atoms with Crippen LogP contribution in [0.25, 0.3) is 11.0 Å². The van der Waals surface area contributed by atoms with Gasteiger partial charge in [-0.2, -0.15) is 0 Å². The van der Waals surface area contributed by atoms with Gasteiger partial charge in [0.25, 0.3) is 0 Å². The van der Waals surface area contributed by atoms with Crippen molar-refractivity contribution in [2.24, 2.45) is 0 Å². The lowest BCUT2D eigenvalue weighted by Gasteiger charge is -2.15. The fraction of sp³-hybridized carbons (Fsp3) is 0.467. The summed E-state index contributed by atoms with van der Waals surface area (Å²) in [6.45, 7) is 8.15. The molecule has 0 saturated carbocycles. The molecule has 0 aliphatic heterocycles. The highest BCUT2D eigenvalue weighted by atomic mass is 16.5. The van der Waals surface area contributed by atoms with Crippen molar-refractivity contribution in [3.63, 3.8) is 0 Å². The van der Waals surface area contributed by atoms with Gasteiger partial charge in [-0.3, -0.25) is 0 Å². The summed E-state index contributed by atoms with van der Waals surface area (Å²) in [6, 6.07) is 5.69. The van der Waals surface area contributed by atoms with Gasteiger partial charge in [0.1, 0.15) is 11.4 Å². The molecule has 0 saturated heterocycles. The third kappa shape index (κ3) is 2.95. The van der Waals surface area contributed by atoms with Crippen LogP contribution in [0.1, 0.15) is 39.3 Å². The minimum Gasteiger partial charge on any atom is -0.497 e. The van der Waals surface area contributed by atoms with Crippen molar-refractivity contribution >= 4 is 11.0 Å². The fourth-order valence-electron chi connectivity index (χ4n) is 1.84. The standard InChI is InChI=1S/C15H20N2O2/c1-9(2)14-15(19-10(3)4)17-13-8-11(18-5)6-7-12(13)16-14/h6-10H,1-5H3. The van der Waals surface area contributed by atoms with E-state index in [1.54, 1.807) is 7.11 Å². The molecule has 0 amide bonds. The Morgan fingerprint density at radius 3 is 2.32 bits per heavy atom. The van der Waals surface area contributed by atoms with Crippen LogP contribution in [-0.2, 0) is 0 Å². The van der Waals surface area contributed by atoms with E-state index in [4.69, 9.17) is 9.47 Å². The summed E-state index contributed by atoms with van der Waals surface area (Å²) in [7, 11) is 1.64. The van der Waals surface area contributed by atoms with E-state index in [0.717, 1.165) is 22.5 Å². The molecule has 1 heterocycles. The van der Waals surface area contributed by atoms with Crippen LogP contribution in [0.15, 0.2) is 18.2 Å². The Labute approximate surface area is 113 Å². The average molecular weight is 260 g/mol. The first-order valence-corrected chi connectivity index (χ1v) is 6.53. The highest BCUT2D eigenvalue weighted by Crippen LogP contribution is 2.27. The molecule has 0 bridgehead atoms.